The number of ether oxygens (including phenoxy) is 1. The highest BCUT2D eigenvalue weighted by atomic mass is 16.5. The van der Waals surface area contributed by atoms with Crippen LogP contribution in [0.3, 0.4) is 0 Å². The number of unbranched alkanes of at least 4 members (excludes halogenated alkanes) is 2. The molecule has 0 fully saturated rings. The van der Waals surface area contributed by atoms with Gasteiger partial charge in [0.1, 0.15) is 5.69 Å². The third-order valence-electron chi connectivity index (χ3n) is 2.14. The topological polar surface area (TPSA) is 39.2 Å². The molecule has 92 valence electrons. The smallest absolute Gasteiger partial charge is 0.306 e. The fraction of sp³-hybridized carbons (Fsp3) is 0.333. The SMILES string of the molecule is C#CCCCCC(=O)OCC#Cc1ccccn1. The van der Waals surface area contributed by atoms with Crippen molar-refractivity contribution in [1.82, 2.24) is 4.98 Å². The highest BCUT2D eigenvalue weighted by Crippen LogP contribution is 2.00. The van der Waals surface area contributed by atoms with Gasteiger partial charge >= 0.3 is 5.97 Å². The van der Waals surface area contributed by atoms with E-state index in [9.17, 15) is 4.79 Å². The summed E-state index contributed by atoms with van der Waals surface area (Å²) in [4.78, 5) is 15.3. The minimum Gasteiger partial charge on any atom is -0.452 e. The van der Waals surface area contributed by atoms with Crippen LogP contribution >= 0.6 is 0 Å². The number of esters is 1. The van der Waals surface area contributed by atoms with Crippen LogP contribution < -0.4 is 0 Å². The first-order valence-corrected chi connectivity index (χ1v) is 5.82. The first-order valence-electron chi connectivity index (χ1n) is 5.82. The fourth-order valence-electron chi connectivity index (χ4n) is 1.25. The summed E-state index contributed by atoms with van der Waals surface area (Å²) in [7, 11) is 0. The van der Waals surface area contributed by atoms with E-state index in [4.69, 9.17) is 11.2 Å². The molecule has 0 aliphatic rings. The van der Waals surface area contributed by atoms with E-state index in [1.807, 2.05) is 12.1 Å². The molecule has 0 atom stereocenters. The van der Waals surface area contributed by atoms with Gasteiger partial charge in [-0.2, -0.15) is 0 Å². The van der Waals surface area contributed by atoms with Crippen molar-refractivity contribution in [2.24, 2.45) is 0 Å². The number of hydrogen-bond donors (Lipinski definition) is 0. The first-order chi connectivity index (χ1) is 8.83. The molecule has 1 aromatic heterocycles. The number of pyridine rings is 1. The van der Waals surface area contributed by atoms with Crippen molar-refractivity contribution in [3.8, 4) is 24.2 Å². The largest absolute Gasteiger partial charge is 0.452 e. The lowest BCUT2D eigenvalue weighted by Gasteiger charge is -1.99. The van der Waals surface area contributed by atoms with Gasteiger partial charge in [-0.05, 0) is 30.9 Å². The molecule has 1 heterocycles. The zero-order valence-electron chi connectivity index (χ0n) is 10.2. The van der Waals surface area contributed by atoms with E-state index in [-0.39, 0.29) is 12.6 Å². The lowest BCUT2D eigenvalue weighted by atomic mass is 10.2. The molecule has 0 radical (unpaired) electrons. The summed E-state index contributed by atoms with van der Waals surface area (Å²) in [5, 5.41) is 0. The van der Waals surface area contributed by atoms with Crippen LogP contribution in [-0.2, 0) is 9.53 Å². The lowest BCUT2D eigenvalue weighted by molar-refractivity contribution is -0.142. The first kappa shape index (κ1) is 13.8. The predicted molar refractivity (Wildman–Crippen MR) is 69.4 cm³/mol. The number of rotatable bonds is 5. The van der Waals surface area contributed by atoms with E-state index < -0.39 is 0 Å². The maximum absolute atomic E-state index is 11.3. The van der Waals surface area contributed by atoms with Gasteiger partial charge in [-0.1, -0.05) is 12.0 Å². The second kappa shape index (κ2) is 8.84. The van der Waals surface area contributed by atoms with Gasteiger partial charge in [0.15, 0.2) is 6.61 Å². The van der Waals surface area contributed by atoms with E-state index in [1.54, 1.807) is 12.3 Å². The summed E-state index contributed by atoms with van der Waals surface area (Å²) in [5.74, 6) is 7.85. The number of terminal acetylenes is 1. The van der Waals surface area contributed by atoms with Gasteiger partial charge in [0.2, 0.25) is 0 Å². The van der Waals surface area contributed by atoms with E-state index >= 15 is 0 Å². The average Bonchev–Trinajstić information content (AvgIpc) is 2.41. The molecular weight excluding hydrogens is 226 g/mol. The van der Waals surface area contributed by atoms with Crippen molar-refractivity contribution in [2.75, 3.05) is 6.61 Å². The fourth-order valence-corrected chi connectivity index (χ4v) is 1.25. The molecule has 0 saturated heterocycles. The van der Waals surface area contributed by atoms with E-state index in [1.165, 1.54) is 0 Å². The number of carbonyl (C=O) groups is 1. The lowest BCUT2D eigenvalue weighted by Crippen LogP contribution is -2.04. The van der Waals surface area contributed by atoms with E-state index in [0.29, 0.717) is 18.5 Å². The van der Waals surface area contributed by atoms with Crippen molar-refractivity contribution in [2.45, 2.75) is 25.7 Å². The molecule has 0 N–H and O–H groups in total. The van der Waals surface area contributed by atoms with Gasteiger partial charge in [0, 0.05) is 19.0 Å². The third kappa shape index (κ3) is 6.35. The molecule has 0 spiro atoms. The highest BCUT2D eigenvalue weighted by Gasteiger charge is 2.00. The Morgan fingerprint density at radius 1 is 1.39 bits per heavy atom. The van der Waals surface area contributed by atoms with Gasteiger partial charge < -0.3 is 4.74 Å². The second-order valence-electron chi connectivity index (χ2n) is 3.59. The molecule has 1 aromatic rings. The van der Waals surface area contributed by atoms with Crippen molar-refractivity contribution >= 4 is 5.97 Å². The number of nitrogens with zero attached hydrogens (tertiary/aromatic N) is 1. The molecule has 18 heavy (non-hydrogen) atoms. The van der Waals surface area contributed by atoms with Gasteiger partial charge in [-0.3, -0.25) is 4.79 Å². The molecule has 1 rings (SSSR count). The van der Waals surface area contributed by atoms with Gasteiger partial charge in [0.25, 0.3) is 0 Å². The van der Waals surface area contributed by atoms with E-state index in [0.717, 1.165) is 12.8 Å². The Morgan fingerprint density at radius 3 is 3.00 bits per heavy atom. The summed E-state index contributed by atoms with van der Waals surface area (Å²) < 4.78 is 4.95. The van der Waals surface area contributed by atoms with Crippen molar-refractivity contribution in [1.29, 1.82) is 0 Å². The summed E-state index contributed by atoms with van der Waals surface area (Å²) in [5.41, 5.74) is 0.669. The second-order valence-corrected chi connectivity index (χ2v) is 3.59. The summed E-state index contributed by atoms with van der Waals surface area (Å²) in [6, 6.07) is 5.48. The average molecular weight is 241 g/mol. The number of aromatic nitrogens is 1. The molecular formula is C15H15NO2. The van der Waals surface area contributed by atoms with Gasteiger partial charge in [-0.15, -0.1) is 12.3 Å². The van der Waals surface area contributed by atoms with Crippen molar-refractivity contribution in [3.05, 3.63) is 30.1 Å². The van der Waals surface area contributed by atoms with Crippen molar-refractivity contribution < 1.29 is 9.53 Å². The normalized spacial score (nSPS) is 8.83. The zero-order valence-corrected chi connectivity index (χ0v) is 10.2. The highest BCUT2D eigenvalue weighted by molar-refractivity contribution is 5.69. The molecule has 3 nitrogen and oxygen atoms in total. The van der Waals surface area contributed by atoms with Crippen LogP contribution in [0.5, 0.6) is 0 Å². The molecule has 0 bridgehead atoms. The monoisotopic (exact) mass is 241 g/mol. The summed E-state index contributed by atoms with van der Waals surface area (Å²) in [6.45, 7) is 0.102. The van der Waals surface area contributed by atoms with Gasteiger partial charge in [-0.25, -0.2) is 4.98 Å². The van der Waals surface area contributed by atoms with Crippen LogP contribution in [0.1, 0.15) is 31.4 Å². The van der Waals surface area contributed by atoms with Crippen LogP contribution in [0.4, 0.5) is 0 Å². The minimum absolute atomic E-state index is 0.102. The Balaban J connectivity index is 2.16. The third-order valence-corrected chi connectivity index (χ3v) is 2.14. The quantitative estimate of drug-likeness (QED) is 0.450. The van der Waals surface area contributed by atoms with Crippen LogP contribution in [0.25, 0.3) is 0 Å². The Morgan fingerprint density at radius 2 is 2.28 bits per heavy atom. The molecule has 3 heteroatoms. The Labute approximate surface area is 108 Å². The standard InChI is InChI=1S/C15H15NO2/c1-2-3-4-5-11-15(17)18-13-8-10-14-9-6-7-12-16-14/h1,6-7,9,12H,3-5,11,13H2. The molecule has 0 aliphatic heterocycles. The Kier molecular flexibility index (Phi) is 6.78. The van der Waals surface area contributed by atoms with Crippen LogP contribution in [0, 0.1) is 24.2 Å². The number of hydrogen-bond acceptors (Lipinski definition) is 3. The molecule has 0 unspecified atom stereocenters. The summed E-state index contributed by atoms with van der Waals surface area (Å²) in [6.07, 6.45) is 9.49. The molecule has 0 saturated carbocycles. The molecule has 0 aromatic carbocycles. The Bertz CT molecular complexity index is 463. The molecule has 0 amide bonds. The molecule has 0 aliphatic carbocycles. The predicted octanol–water partition coefficient (Wildman–Crippen LogP) is 2.17. The summed E-state index contributed by atoms with van der Waals surface area (Å²) >= 11 is 0. The minimum atomic E-state index is -0.234. The number of carbonyl (C=O) groups excluding carboxylic acids is 1. The van der Waals surface area contributed by atoms with Gasteiger partial charge in [0.05, 0.1) is 0 Å². The van der Waals surface area contributed by atoms with Crippen molar-refractivity contribution in [3.63, 3.8) is 0 Å². The zero-order chi connectivity index (χ0) is 13.1. The van der Waals surface area contributed by atoms with Crippen LogP contribution in [0.2, 0.25) is 0 Å². The van der Waals surface area contributed by atoms with E-state index in [2.05, 4.69) is 22.7 Å². The maximum atomic E-state index is 11.3. The van der Waals surface area contributed by atoms with Crippen LogP contribution in [-0.4, -0.2) is 17.6 Å². The maximum Gasteiger partial charge on any atom is 0.306 e. The van der Waals surface area contributed by atoms with Crippen LogP contribution in [0.15, 0.2) is 24.4 Å². The Hall–Kier alpha value is -2.26.